The van der Waals surface area contributed by atoms with Crippen LogP contribution in [-0.2, 0) is 11.3 Å². The molecule has 1 N–H and O–H groups in total. The van der Waals surface area contributed by atoms with Gasteiger partial charge in [-0.25, -0.2) is 9.78 Å². The monoisotopic (exact) mass is 469 g/mol. The van der Waals surface area contributed by atoms with E-state index in [2.05, 4.69) is 51.4 Å². The molecule has 5 nitrogen and oxygen atoms in total. The molecule has 3 aromatic rings. The Kier molecular flexibility index (Phi) is 7.43. The number of carbonyl (C=O) groups excluding carboxylic acids is 1. The number of pyridine rings is 1. The van der Waals surface area contributed by atoms with Crippen molar-refractivity contribution in [3.05, 3.63) is 83.7 Å². The zero-order valence-corrected chi connectivity index (χ0v) is 20.6. The van der Waals surface area contributed by atoms with Crippen LogP contribution in [0.25, 0.3) is 16.6 Å². The Morgan fingerprint density at radius 3 is 2.80 bits per heavy atom. The molecule has 0 amide bonds. The number of hydrogen-bond donors (Lipinski definition) is 1. The first-order valence-corrected chi connectivity index (χ1v) is 12.9. The summed E-state index contributed by atoms with van der Waals surface area (Å²) < 4.78 is 6.97. The van der Waals surface area contributed by atoms with Crippen LogP contribution in [-0.4, -0.2) is 35.7 Å². The van der Waals surface area contributed by atoms with Gasteiger partial charge in [-0.1, -0.05) is 30.4 Å². The smallest absolute Gasteiger partial charge is 0.337 e. The lowest BCUT2D eigenvalue weighted by molar-refractivity contribution is 0.0600. The first-order valence-electron chi connectivity index (χ1n) is 12.9. The molecule has 35 heavy (non-hydrogen) atoms. The lowest BCUT2D eigenvalue weighted by Crippen LogP contribution is -2.14. The summed E-state index contributed by atoms with van der Waals surface area (Å²) in [6.45, 7) is 3.08. The van der Waals surface area contributed by atoms with E-state index in [1.165, 1.54) is 68.8 Å². The van der Waals surface area contributed by atoms with Crippen LogP contribution in [0.4, 0.5) is 0 Å². The second-order valence-electron chi connectivity index (χ2n) is 9.87. The van der Waals surface area contributed by atoms with Crippen LogP contribution in [0, 0.1) is 11.8 Å². The first-order chi connectivity index (χ1) is 17.2. The lowest BCUT2D eigenvalue weighted by atomic mass is 9.86. The van der Waals surface area contributed by atoms with E-state index < -0.39 is 0 Å². The normalized spacial score (nSPS) is 20.4. The number of hydrogen-bond acceptors (Lipinski definition) is 4. The number of allylic oxidation sites excluding steroid dienone is 4. The Morgan fingerprint density at radius 1 is 1.11 bits per heavy atom. The molecule has 5 heteroatoms. The number of aromatic nitrogens is 2. The lowest BCUT2D eigenvalue weighted by Gasteiger charge is -2.20. The highest BCUT2D eigenvalue weighted by atomic mass is 16.5. The highest BCUT2D eigenvalue weighted by Crippen LogP contribution is 2.32. The van der Waals surface area contributed by atoms with Crippen LogP contribution < -0.4 is 5.32 Å². The van der Waals surface area contributed by atoms with Gasteiger partial charge in [0.2, 0.25) is 0 Å². The summed E-state index contributed by atoms with van der Waals surface area (Å²) >= 11 is 0. The molecule has 0 spiro atoms. The van der Waals surface area contributed by atoms with Crippen molar-refractivity contribution < 1.29 is 9.53 Å². The number of benzene rings is 1. The molecule has 1 aliphatic carbocycles. The van der Waals surface area contributed by atoms with Gasteiger partial charge in [0.1, 0.15) is 5.65 Å². The third kappa shape index (κ3) is 5.57. The number of esters is 1. The minimum absolute atomic E-state index is 0.313. The number of fused-ring (bicyclic) bond motifs is 1. The molecule has 182 valence electrons. The van der Waals surface area contributed by atoms with Gasteiger partial charge in [0, 0.05) is 24.3 Å². The Balaban J connectivity index is 1.25. The molecular formula is C30H35N3O2. The van der Waals surface area contributed by atoms with E-state index in [-0.39, 0.29) is 5.97 Å². The van der Waals surface area contributed by atoms with Gasteiger partial charge < -0.3 is 14.6 Å². The number of nitrogens with one attached hydrogen (secondary N) is 1. The van der Waals surface area contributed by atoms with Gasteiger partial charge in [-0.3, -0.25) is 0 Å². The fraction of sp³-hybridized carbons (Fsp3) is 0.400. The topological polar surface area (TPSA) is 56.1 Å². The van der Waals surface area contributed by atoms with Gasteiger partial charge in [0.25, 0.3) is 0 Å². The van der Waals surface area contributed by atoms with Gasteiger partial charge in [-0.2, -0.15) is 0 Å². The second-order valence-corrected chi connectivity index (χ2v) is 9.87. The Hall–Kier alpha value is -3.18. The van der Waals surface area contributed by atoms with E-state index in [0.717, 1.165) is 23.5 Å². The molecule has 0 saturated carbocycles. The molecule has 2 aliphatic rings. The Bertz CT molecular complexity index is 1210. The summed E-state index contributed by atoms with van der Waals surface area (Å²) in [4.78, 5) is 16.4. The molecule has 2 atom stereocenters. The molecule has 1 aliphatic heterocycles. The SMILES string of the molecule is COC(=O)c1ccc(Cn2ccc3c(C4=CCC(CCC5CCCNCC5)C=C4)ccnc32)cc1. The molecule has 0 radical (unpaired) electrons. The Morgan fingerprint density at radius 2 is 2.00 bits per heavy atom. The number of nitrogens with zero attached hydrogens (tertiary/aromatic N) is 2. The summed E-state index contributed by atoms with van der Waals surface area (Å²) in [7, 11) is 1.40. The van der Waals surface area contributed by atoms with E-state index in [1.54, 1.807) is 0 Å². The third-order valence-corrected chi connectivity index (χ3v) is 7.53. The fourth-order valence-electron chi connectivity index (χ4n) is 5.44. The summed E-state index contributed by atoms with van der Waals surface area (Å²) in [5, 5.41) is 4.71. The van der Waals surface area contributed by atoms with E-state index in [4.69, 9.17) is 4.74 Å². The maximum atomic E-state index is 11.7. The van der Waals surface area contributed by atoms with Gasteiger partial charge in [0.15, 0.2) is 0 Å². The van der Waals surface area contributed by atoms with Crippen molar-refractivity contribution in [3.63, 3.8) is 0 Å². The average molecular weight is 470 g/mol. The van der Waals surface area contributed by atoms with Crippen LogP contribution in [0.1, 0.15) is 60.0 Å². The third-order valence-electron chi connectivity index (χ3n) is 7.53. The minimum Gasteiger partial charge on any atom is -0.465 e. The zero-order chi connectivity index (χ0) is 24.0. The van der Waals surface area contributed by atoms with Gasteiger partial charge in [-0.05, 0) is 104 Å². The molecule has 1 aromatic carbocycles. The molecule has 1 fully saturated rings. The van der Waals surface area contributed by atoms with Crippen molar-refractivity contribution in [2.24, 2.45) is 11.8 Å². The molecule has 2 aromatic heterocycles. The number of rotatable bonds is 7. The summed E-state index contributed by atoms with van der Waals surface area (Å²) in [6.07, 6.45) is 19.0. The predicted molar refractivity (Wildman–Crippen MR) is 141 cm³/mol. The van der Waals surface area contributed by atoms with Crippen molar-refractivity contribution in [2.45, 2.75) is 45.1 Å². The molecule has 1 saturated heterocycles. The van der Waals surface area contributed by atoms with Gasteiger partial charge in [0.05, 0.1) is 12.7 Å². The van der Waals surface area contributed by atoms with Gasteiger partial charge in [-0.15, -0.1) is 0 Å². The molecule has 3 heterocycles. The standard InChI is InChI=1S/C30H35N3O2/c1-35-30(34)26-12-8-24(9-13-26)21-33-20-16-28-27(15-19-32-29(28)33)25-10-6-23(7-11-25)5-4-22-3-2-17-31-18-14-22/h6,8-13,15-16,19-20,22-23,31H,2-5,7,14,17-18,21H2,1H3. The van der Waals surface area contributed by atoms with E-state index in [0.29, 0.717) is 18.0 Å². The van der Waals surface area contributed by atoms with Crippen molar-refractivity contribution in [2.75, 3.05) is 20.2 Å². The number of ether oxygens (including phenoxy) is 1. The fourth-order valence-corrected chi connectivity index (χ4v) is 5.44. The zero-order valence-electron chi connectivity index (χ0n) is 20.6. The van der Waals surface area contributed by atoms with Crippen molar-refractivity contribution >= 4 is 22.6 Å². The maximum Gasteiger partial charge on any atom is 0.337 e. The van der Waals surface area contributed by atoms with Crippen LogP contribution in [0.3, 0.4) is 0 Å². The maximum absolute atomic E-state index is 11.7. The summed E-state index contributed by atoms with van der Waals surface area (Å²) in [5.74, 6) is 1.23. The quantitative estimate of drug-likeness (QED) is 0.431. The van der Waals surface area contributed by atoms with Crippen LogP contribution >= 0.6 is 0 Å². The van der Waals surface area contributed by atoms with E-state index >= 15 is 0 Å². The Labute approximate surface area is 207 Å². The van der Waals surface area contributed by atoms with Crippen LogP contribution in [0.2, 0.25) is 0 Å². The van der Waals surface area contributed by atoms with Crippen molar-refractivity contribution in [1.29, 1.82) is 0 Å². The van der Waals surface area contributed by atoms with Gasteiger partial charge >= 0.3 is 5.97 Å². The highest BCUT2D eigenvalue weighted by Gasteiger charge is 2.17. The predicted octanol–water partition coefficient (Wildman–Crippen LogP) is 6.00. The molecule has 5 rings (SSSR count). The number of carbonyl (C=O) groups is 1. The average Bonchev–Trinajstić information content (AvgIpc) is 3.13. The number of methoxy groups -OCH3 is 1. The van der Waals surface area contributed by atoms with Crippen LogP contribution in [0.15, 0.2) is 67.0 Å². The largest absolute Gasteiger partial charge is 0.465 e. The highest BCUT2D eigenvalue weighted by molar-refractivity contribution is 5.93. The van der Waals surface area contributed by atoms with Crippen molar-refractivity contribution in [3.8, 4) is 0 Å². The molecule has 0 bridgehead atoms. The summed E-state index contributed by atoms with van der Waals surface area (Å²) in [5.41, 5.74) is 5.21. The second kappa shape index (κ2) is 11.0. The minimum atomic E-state index is -0.313. The summed E-state index contributed by atoms with van der Waals surface area (Å²) in [6, 6.07) is 11.9. The van der Waals surface area contributed by atoms with E-state index in [1.807, 2.05) is 30.5 Å². The molecule has 2 unspecified atom stereocenters. The van der Waals surface area contributed by atoms with E-state index in [9.17, 15) is 4.79 Å². The van der Waals surface area contributed by atoms with Crippen LogP contribution in [0.5, 0.6) is 0 Å². The molecular weight excluding hydrogens is 434 g/mol. The first kappa shape index (κ1) is 23.6. The van der Waals surface area contributed by atoms with Crippen molar-refractivity contribution in [1.82, 2.24) is 14.9 Å².